The summed E-state index contributed by atoms with van der Waals surface area (Å²) < 4.78 is 0. The molecule has 0 unspecified atom stereocenters. The van der Waals surface area contributed by atoms with E-state index in [1.165, 1.54) is 6.20 Å². The van der Waals surface area contributed by atoms with Crippen LogP contribution in [0.4, 0.5) is 0 Å². The maximum Gasteiger partial charge on any atom is 0.311 e. The molecular weight excluding hydrogens is 468 g/mol. The van der Waals surface area contributed by atoms with Gasteiger partial charge in [0, 0.05) is 43.7 Å². The Labute approximate surface area is 216 Å². The Bertz CT molecular complexity index is 1290. The Hall–Kier alpha value is -3.86. The number of rotatable bonds is 3. The fraction of sp³-hybridized carbons (Fsp3) is 0.448. The summed E-state index contributed by atoms with van der Waals surface area (Å²) in [7, 11) is 0. The highest BCUT2D eigenvalue weighted by molar-refractivity contribution is 6.35. The van der Waals surface area contributed by atoms with Crippen LogP contribution in [0.3, 0.4) is 0 Å². The lowest BCUT2D eigenvalue weighted by Gasteiger charge is -2.44. The number of piperidine rings is 1. The number of aromatic nitrogens is 1. The molecule has 3 fully saturated rings. The lowest BCUT2D eigenvalue weighted by atomic mass is 9.62. The van der Waals surface area contributed by atoms with Crippen LogP contribution in [0.15, 0.2) is 30.5 Å². The number of nitrogens with zero attached hydrogens (tertiary/aromatic N) is 3. The van der Waals surface area contributed by atoms with E-state index in [4.69, 9.17) is 5.26 Å². The largest absolute Gasteiger partial charge is 0.345 e. The van der Waals surface area contributed by atoms with E-state index in [2.05, 4.69) is 16.4 Å². The van der Waals surface area contributed by atoms with Gasteiger partial charge in [0.15, 0.2) is 0 Å². The number of carbonyl (C=O) groups is 4. The third kappa shape index (κ3) is 4.91. The monoisotopic (exact) mass is 498 g/mol. The van der Waals surface area contributed by atoms with Crippen molar-refractivity contribution >= 4 is 23.4 Å². The quantitative estimate of drug-likeness (QED) is 0.513. The Morgan fingerprint density at radius 2 is 1.68 bits per heavy atom. The fourth-order valence-electron chi connectivity index (χ4n) is 5.87. The number of hydrogen-bond donors (Lipinski definition) is 1. The number of amides is 2. The number of pyridine rings is 1. The Balaban J connectivity index is 1.29. The number of ketones is 2. The predicted octanol–water partition coefficient (Wildman–Crippen LogP) is 3.14. The first-order valence-corrected chi connectivity index (χ1v) is 12.8. The van der Waals surface area contributed by atoms with E-state index in [0.29, 0.717) is 44.3 Å². The van der Waals surface area contributed by atoms with Gasteiger partial charge >= 0.3 is 11.8 Å². The van der Waals surface area contributed by atoms with Crippen molar-refractivity contribution in [3.05, 3.63) is 52.7 Å². The van der Waals surface area contributed by atoms with E-state index in [9.17, 15) is 19.2 Å². The molecule has 0 atom stereocenters. The molecule has 0 bridgehead atoms. The van der Waals surface area contributed by atoms with Crippen LogP contribution < -0.4 is 5.32 Å². The van der Waals surface area contributed by atoms with E-state index < -0.39 is 23.1 Å². The van der Waals surface area contributed by atoms with E-state index in [1.54, 1.807) is 17.0 Å². The van der Waals surface area contributed by atoms with Gasteiger partial charge in [0.1, 0.15) is 23.6 Å². The summed E-state index contributed by atoms with van der Waals surface area (Å²) in [5.74, 6) is -2.00. The van der Waals surface area contributed by atoms with Crippen molar-refractivity contribution in [2.24, 2.45) is 5.41 Å². The van der Waals surface area contributed by atoms with Crippen molar-refractivity contribution in [1.82, 2.24) is 15.2 Å². The molecule has 0 radical (unpaired) electrons. The number of benzene rings is 1. The normalized spacial score (nSPS) is 19.5. The molecule has 1 aromatic carbocycles. The zero-order valence-electron chi connectivity index (χ0n) is 21.2. The Morgan fingerprint density at radius 1 is 1.05 bits per heavy atom. The van der Waals surface area contributed by atoms with Gasteiger partial charge in [0.05, 0.1) is 11.3 Å². The van der Waals surface area contributed by atoms with Gasteiger partial charge in [0.2, 0.25) is 0 Å². The highest BCUT2D eigenvalue weighted by atomic mass is 16.2. The predicted molar refractivity (Wildman–Crippen MR) is 135 cm³/mol. The number of nitrogens with one attached hydrogen (secondary N) is 1. The number of aryl methyl sites for hydroxylation is 2. The summed E-state index contributed by atoms with van der Waals surface area (Å²) in [4.78, 5) is 57.5. The molecule has 2 amide bonds. The third-order valence-electron chi connectivity index (χ3n) is 8.03. The third-order valence-corrected chi connectivity index (χ3v) is 8.03. The standard InChI is InChI=1S/C29H30N4O4/c1-17-11-20(22-6-3-19(15-30)16-31-22)12-18(2)25(17)26-23(34)13-29(14-24(26)35)7-9-33(10-8-29)28(37)27(36)32-21-4-5-21/h3,6,11-12,16,21,26H,4-5,7-10,13-14H2,1-2H3,(H,32,36). The average Bonchev–Trinajstić information content (AvgIpc) is 3.69. The molecule has 1 aliphatic heterocycles. The number of carbonyl (C=O) groups excluding carboxylic acids is 4. The second-order valence-corrected chi connectivity index (χ2v) is 10.8. The molecule has 37 heavy (non-hydrogen) atoms. The van der Waals surface area contributed by atoms with Crippen molar-refractivity contribution in [3.63, 3.8) is 0 Å². The minimum Gasteiger partial charge on any atom is -0.345 e. The number of likely N-dealkylation sites (tertiary alicyclic amines) is 1. The van der Waals surface area contributed by atoms with Gasteiger partial charge in [0.25, 0.3) is 0 Å². The molecule has 2 aromatic rings. The number of nitriles is 1. The first-order valence-electron chi connectivity index (χ1n) is 12.8. The highest BCUT2D eigenvalue weighted by Crippen LogP contribution is 2.47. The smallest absolute Gasteiger partial charge is 0.311 e. The van der Waals surface area contributed by atoms with Crippen LogP contribution in [0.1, 0.15) is 66.7 Å². The van der Waals surface area contributed by atoms with Gasteiger partial charge in [-0.15, -0.1) is 0 Å². The molecule has 3 aliphatic rings. The molecular formula is C29H30N4O4. The zero-order chi connectivity index (χ0) is 26.3. The van der Waals surface area contributed by atoms with Gasteiger partial charge < -0.3 is 10.2 Å². The van der Waals surface area contributed by atoms with Crippen molar-refractivity contribution in [3.8, 4) is 17.3 Å². The van der Waals surface area contributed by atoms with Crippen LogP contribution in [0.5, 0.6) is 0 Å². The maximum absolute atomic E-state index is 13.5. The second kappa shape index (κ2) is 9.55. The molecule has 8 nitrogen and oxygen atoms in total. The summed E-state index contributed by atoms with van der Waals surface area (Å²) in [6.07, 6.45) is 5.06. The van der Waals surface area contributed by atoms with Gasteiger partial charge in [-0.05, 0) is 85.9 Å². The molecule has 190 valence electrons. The van der Waals surface area contributed by atoms with Crippen LogP contribution in [0.2, 0.25) is 0 Å². The minimum atomic E-state index is -0.780. The van der Waals surface area contributed by atoms with Gasteiger partial charge in [-0.1, -0.05) is 0 Å². The Morgan fingerprint density at radius 3 is 2.19 bits per heavy atom. The summed E-state index contributed by atoms with van der Waals surface area (Å²) in [6, 6.07) is 9.58. The van der Waals surface area contributed by atoms with Crippen LogP contribution >= 0.6 is 0 Å². The molecule has 5 rings (SSSR count). The fourth-order valence-corrected chi connectivity index (χ4v) is 5.87. The van der Waals surface area contributed by atoms with E-state index in [-0.39, 0.29) is 17.6 Å². The second-order valence-electron chi connectivity index (χ2n) is 10.8. The first kappa shape index (κ1) is 24.8. The van der Waals surface area contributed by atoms with E-state index in [0.717, 1.165) is 40.8 Å². The van der Waals surface area contributed by atoms with Crippen molar-refractivity contribution in [2.75, 3.05) is 13.1 Å². The first-order chi connectivity index (χ1) is 17.7. The summed E-state index contributed by atoms with van der Waals surface area (Å²) in [5, 5.41) is 11.7. The summed E-state index contributed by atoms with van der Waals surface area (Å²) in [6.45, 7) is 4.59. The van der Waals surface area contributed by atoms with Crippen LogP contribution in [0.25, 0.3) is 11.3 Å². The van der Waals surface area contributed by atoms with E-state index in [1.807, 2.05) is 26.0 Å². The van der Waals surface area contributed by atoms with Crippen LogP contribution in [0, 0.1) is 30.6 Å². The number of Topliss-reactive ketones (excluding diaryl/α,β-unsaturated/α-hetero) is 2. The number of hydrogen-bond acceptors (Lipinski definition) is 6. The SMILES string of the molecule is Cc1cc(-c2ccc(C#N)cn2)cc(C)c1C1C(=O)CC2(CCN(C(=O)C(=O)NC3CC3)CC2)CC1=O. The highest BCUT2D eigenvalue weighted by Gasteiger charge is 2.48. The molecule has 2 saturated carbocycles. The van der Waals surface area contributed by atoms with Crippen molar-refractivity contribution in [1.29, 1.82) is 5.26 Å². The molecule has 2 heterocycles. The zero-order valence-corrected chi connectivity index (χ0v) is 21.2. The van der Waals surface area contributed by atoms with Crippen LogP contribution in [-0.4, -0.2) is 52.4 Å². The molecule has 1 N–H and O–H groups in total. The molecule has 2 aliphatic carbocycles. The molecule has 1 saturated heterocycles. The maximum atomic E-state index is 13.5. The summed E-state index contributed by atoms with van der Waals surface area (Å²) >= 11 is 0. The van der Waals surface area contributed by atoms with Gasteiger partial charge in [-0.3, -0.25) is 24.2 Å². The molecule has 8 heteroatoms. The minimum absolute atomic E-state index is 0.0713. The van der Waals surface area contributed by atoms with Gasteiger partial charge in [-0.2, -0.15) is 5.26 Å². The molecule has 1 aromatic heterocycles. The summed E-state index contributed by atoms with van der Waals surface area (Å²) in [5.41, 5.74) is 4.14. The van der Waals surface area contributed by atoms with Crippen LogP contribution in [-0.2, 0) is 19.2 Å². The average molecular weight is 499 g/mol. The lowest BCUT2D eigenvalue weighted by molar-refractivity contribution is -0.148. The van der Waals surface area contributed by atoms with Gasteiger partial charge in [-0.25, -0.2) is 0 Å². The molecule has 1 spiro atoms. The van der Waals surface area contributed by atoms with Crippen molar-refractivity contribution < 1.29 is 19.2 Å². The lowest BCUT2D eigenvalue weighted by Crippen LogP contribution is -2.51. The topological polar surface area (TPSA) is 120 Å². The van der Waals surface area contributed by atoms with Crippen molar-refractivity contribution in [2.45, 2.75) is 64.3 Å². The van der Waals surface area contributed by atoms with E-state index >= 15 is 0 Å². The Kier molecular flexibility index (Phi) is 6.40.